The van der Waals surface area contributed by atoms with E-state index < -0.39 is 5.97 Å². The number of nitrogens with one attached hydrogen (secondary N) is 1. The van der Waals surface area contributed by atoms with Gasteiger partial charge in [-0.05, 0) is 72.0 Å². The van der Waals surface area contributed by atoms with Crippen LogP contribution in [0.1, 0.15) is 60.2 Å². The Morgan fingerprint density at radius 3 is 1.92 bits per heavy atom. The first-order valence-electron chi connectivity index (χ1n) is 16.2. The predicted molar refractivity (Wildman–Crippen MR) is 189 cm³/mol. The van der Waals surface area contributed by atoms with Gasteiger partial charge < -0.3 is 29.0 Å². The number of ether oxygens (including phenoxy) is 3. The van der Waals surface area contributed by atoms with Crippen LogP contribution < -0.4 is 25.2 Å². The molecule has 3 aromatic carbocycles. The minimum atomic E-state index is -0.404. The van der Waals surface area contributed by atoms with Gasteiger partial charge in [0.25, 0.3) is 5.56 Å². The van der Waals surface area contributed by atoms with Gasteiger partial charge in [-0.2, -0.15) is 4.98 Å². The lowest BCUT2D eigenvalue weighted by molar-refractivity contribution is 0.0600. The predicted octanol–water partition coefficient (Wildman–Crippen LogP) is 6.84. The molecular weight excluding hydrogens is 606 g/mol. The zero-order valence-electron chi connectivity index (χ0n) is 28.2. The highest BCUT2D eigenvalue weighted by atomic mass is 16.5. The van der Waals surface area contributed by atoms with E-state index in [2.05, 4.69) is 24.1 Å². The van der Waals surface area contributed by atoms with Crippen molar-refractivity contribution in [3.8, 4) is 11.5 Å². The summed E-state index contributed by atoms with van der Waals surface area (Å²) < 4.78 is 17.2. The maximum absolute atomic E-state index is 14.1. The summed E-state index contributed by atoms with van der Waals surface area (Å²) in [5, 5.41) is 4.05. The second-order valence-corrected chi connectivity index (χ2v) is 11.7. The van der Waals surface area contributed by atoms with E-state index in [-0.39, 0.29) is 11.6 Å². The Kier molecular flexibility index (Phi) is 11.3. The zero-order valence-corrected chi connectivity index (χ0v) is 28.2. The largest absolute Gasteiger partial charge is 0.497 e. The molecule has 1 atom stereocenters. The molecule has 1 N–H and O–H groups in total. The second kappa shape index (κ2) is 15.9. The molecule has 0 spiro atoms. The molecule has 0 aliphatic heterocycles. The minimum Gasteiger partial charge on any atom is -0.497 e. The molecule has 2 heterocycles. The molecule has 10 nitrogen and oxygen atoms in total. The van der Waals surface area contributed by atoms with E-state index in [1.165, 1.54) is 7.11 Å². The van der Waals surface area contributed by atoms with Gasteiger partial charge in [0.15, 0.2) is 0 Å². The van der Waals surface area contributed by atoms with Crippen molar-refractivity contribution < 1.29 is 19.0 Å². The number of carbonyl (C=O) groups is 1. The lowest BCUT2D eigenvalue weighted by Crippen LogP contribution is -2.28. The van der Waals surface area contributed by atoms with Crippen LogP contribution in [0.25, 0.3) is 10.9 Å². The highest BCUT2D eigenvalue weighted by Crippen LogP contribution is 2.26. The molecule has 48 heavy (non-hydrogen) atoms. The van der Waals surface area contributed by atoms with Crippen LogP contribution in [0, 0.1) is 0 Å². The topological polar surface area (TPSA) is 108 Å². The lowest BCUT2D eigenvalue weighted by atomic mass is 10.1. The van der Waals surface area contributed by atoms with Crippen LogP contribution in [0.15, 0.2) is 89.9 Å². The molecule has 0 aliphatic carbocycles. The highest BCUT2D eigenvalue weighted by molar-refractivity contribution is 5.90. The van der Waals surface area contributed by atoms with Crippen molar-refractivity contribution in [2.75, 3.05) is 31.5 Å². The molecular formula is C38H43N5O5. The van der Waals surface area contributed by atoms with Crippen molar-refractivity contribution in [3.05, 3.63) is 118 Å². The highest BCUT2D eigenvalue weighted by Gasteiger charge is 2.20. The van der Waals surface area contributed by atoms with Gasteiger partial charge in [-0.15, -0.1) is 0 Å². The van der Waals surface area contributed by atoms with Gasteiger partial charge in [-0.3, -0.25) is 4.79 Å². The number of methoxy groups -OCH3 is 3. The number of aromatic nitrogens is 3. The molecule has 5 aromatic rings. The summed E-state index contributed by atoms with van der Waals surface area (Å²) in [6.45, 7) is 5.67. The molecule has 0 saturated heterocycles. The fourth-order valence-corrected chi connectivity index (χ4v) is 5.62. The summed E-state index contributed by atoms with van der Waals surface area (Å²) in [5.74, 6) is 2.19. The molecule has 0 unspecified atom stereocenters. The number of pyridine rings is 1. The van der Waals surface area contributed by atoms with Gasteiger partial charge in [-0.25, -0.2) is 9.78 Å². The van der Waals surface area contributed by atoms with Crippen LogP contribution in [0.4, 0.5) is 11.8 Å². The summed E-state index contributed by atoms with van der Waals surface area (Å²) in [4.78, 5) is 38.2. The van der Waals surface area contributed by atoms with Gasteiger partial charge in [0, 0.05) is 25.3 Å². The second-order valence-electron chi connectivity index (χ2n) is 11.7. The van der Waals surface area contributed by atoms with E-state index in [0.717, 1.165) is 47.5 Å². The SMILES string of the molecule is CCC[C@@H](CC)Nc1nc(N(Cc2ccc(OC)cc2)Cc2ccc(OC)cc2)nc2ccn(Cc3ccc(C(=O)OC)cc3)c(=O)c12. The molecule has 250 valence electrons. The molecule has 0 amide bonds. The first-order valence-corrected chi connectivity index (χ1v) is 16.2. The smallest absolute Gasteiger partial charge is 0.337 e. The first-order chi connectivity index (χ1) is 23.3. The van der Waals surface area contributed by atoms with Crippen molar-refractivity contribution in [2.24, 2.45) is 0 Å². The van der Waals surface area contributed by atoms with Crippen molar-refractivity contribution in [2.45, 2.75) is 58.8 Å². The monoisotopic (exact) mass is 649 g/mol. The number of esters is 1. The molecule has 10 heteroatoms. The Morgan fingerprint density at radius 2 is 1.40 bits per heavy atom. The third-order valence-electron chi connectivity index (χ3n) is 8.36. The Bertz CT molecular complexity index is 1820. The third-order valence-corrected chi connectivity index (χ3v) is 8.36. The van der Waals surface area contributed by atoms with Gasteiger partial charge in [0.2, 0.25) is 5.95 Å². The van der Waals surface area contributed by atoms with Gasteiger partial charge in [0.1, 0.15) is 22.7 Å². The normalized spacial score (nSPS) is 11.6. The molecule has 0 radical (unpaired) electrons. The molecule has 0 saturated carbocycles. The number of carbonyl (C=O) groups excluding carboxylic acids is 1. The van der Waals surface area contributed by atoms with Crippen LogP contribution in [0.3, 0.4) is 0 Å². The number of nitrogens with zero attached hydrogens (tertiary/aromatic N) is 4. The van der Waals surface area contributed by atoms with Crippen LogP contribution >= 0.6 is 0 Å². The minimum absolute atomic E-state index is 0.136. The van der Waals surface area contributed by atoms with Crippen molar-refractivity contribution >= 4 is 28.6 Å². The van der Waals surface area contributed by atoms with E-state index >= 15 is 0 Å². The maximum atomic E-state index is 14.1. The molecule has 0 fully saturated rings. The number of hydrogen-bond acceptors (Lipinski definition) is 9. The van der Waals surface area contributed by atoms with E-state index in [1.807, 2.05) is 66.7 Å². The van der Waals surface area contributed by atoms with E-state index in [1.54, 1.807) is 37.1 Å². The number of benzene rings is 3. The summed E-state index contributed by atoms with van der Waals surface area (Å²) in [5.41, 5.74) is 3.82. The standard InChI is InChI=1S/C38H43N5O5/c1-6-8-30(7-2)39-35-34-33(21-22-42(36(34)44)23-26-9-15-29(16-10-26)37(45)48-5)40-38(41-35)43(24-27-11-17-31(46-3)18-12-27)25-28-13-19-32(47-4)20-14-28/h9-22,30H,6-8,23-25H2,1-5H3,(H,39,40,41)/t30-/m1/s1. The zero-order chi connectivity index (χ0) is 34.0. The molecule has 0 aliphatic rings. The number of anilines is 2. The number of rotatable bonds is 15. The Hall–Kier alpha value is -5.38. The van der Waals surface area contributed by atoms with Crippen LogP contribution in [0.2, 0.25) is 0 Å². The molecule has 2 aromatic heterocycles. The fraction of sp³-hybridized carbons (Fsp3) is 0.316. The average Bonchev–Trinajstić information content (AvgIpc) is 3.12. The van der Waals surface area contributed by atoms with E-state index in [0.29, 0.717) is 47.9 Å². The van der Waals surface area contributed by atoms with Crippen molar-refractivity contribution in [1.29, 1.82) is 0 Å². The van der Waals surface area contributed by atoms with Gasteiger partial charge >= 0.3 is 5.97 Å². The van der Waals surface area contributed by atoms with E-state index in [4.69, 9.17) is 24.2 Å². The van der Waals surface area contributed by atoms with Gasteiger partial charge in [0.05, 0.1) is 39.0 Å². The lowest BCUT2D eigenvalue weighted by Gasteiger charge is -2.25. The van der Waals surface area contributed by atoms with E-state index in [9.17, 15) is 9.59 Å². The van der Waals surface area contributed by atoms with Crippen LogP contribution in [-0.4, -0.2) is 47.9 Å². The molecule has 5 rings (SSSR count). The number of hydrogen-bond donors (Lipinski definition) is 1. The van der Waals surface area contributed by atoms with Crippen molar-refractivity contribution in [1.82, 2.24) is 14.5 Å². The fourth-order valence-electron chi connectivity index (χ4n) is 5.62. The average molecular weight is 650 g/mol. The summed E-state index contributed by atoms with van der Waals surface area (Å²) in [7, 11) is 4.66. The Morgan fingerprint density at radius 1 is 0.812 bits per heavy atom. The summed E-state index contributed by atoms with van der Waals surface area (Å²) in [6.07, 6.45) is 4.57. The van der Waals surface area contributed by atoms with Crippen LogP contribution in [0.5, 0.6) is 11.5 Å². The summed E-state index contributed by atoms with van der Waals surface area (Å²) >= 11 is 0. The Labute approximate surface area is 281 Å². The third kappa shape index (κ3) is 8.12. The Balaban J connectivity index is 1.58. The molecule has 0 bridgehead atoms. The number of fused-ring (bicyclic) bond motifs is 1. The van der Waals surface area contributed by atoms with Gasteiger partial charge in [-0.1, -0.05) is 56.7 Å². The maximum Gasteiger partial charge on any atom is 0.337 e. The van der Waals surface area contributed by atoms with Crippen LogP contribution in [-0.2, 0) is 24.4 Å². The summed E-state index contributed by atoms with van der Waals surface area (Å²) in [6, 6.07) is 25.0. The van der Waals surface area contributed by atoms with Crippen molar-refractivity contribution in [3.63, 3.8) is 0 Å². The first kappa shape index (κ1) is 34.0. The quantitative estimate of drug-likeness (QED) is 0.122.